The molecule has 0 fully saturated rings. The second-order valence-corrected chi connectivity index (χ2v) is 5.62. The summed E-state index contributed by atoms with van der Waals surface area (Å²) in [5, 5.41) is 8.97. The van der Waals surface area contributed by atoms with E-state index in [0.29, 0.717) is 17.3 Å². The van der Waals surface area contributed by atoms with Crippen LogP contribution in [0.1, 0.15) is 11.1 Å². The lowest BCUT2D eigenvalue weighted by Gasteiger charge is -2.14. The zero-order valence-electron chi connectivity index (χ0n) is 12.7. The Labute approximate surface area is 145 Å². The van der Waals surface area contributed by atoms with Gasteiger partial charge in [0.2, 0.25) is 0 Å². The number of aromatic nitrogens is 1. The van der Waals surface area contributed by atoms with Gasteiger partial charge in [0.25, 0.3) is 0 Å². The average Bonchev–Trinajstić information content (AvgIpc) is 2.59. The fraction of sp³-hybridized carbons (Fsp3) is 0.118. The lowest BCUT2D eigenvalue weighted by atomic mass is 10.1. The Kier molecular flexibility index (Phi) is 5.83. The Morgan fingerprint density at radius 3 is 2.60 bits per heavy atom. The molecule has 1 aromatic carbocycles. The van der Waals surface area contributed by atoms with Crippen LogP contribution in [0.2, 0.25) is 0 Å². The summed E-state index contributed by atoms with van der Waals surface area (Å²) < 4.78 is 44.5. The van der Waals surface area contributed by atoms with Gasteiger partial charge in [0.15, 0.2) is 0 Å². The summed E-state index contributed by atoms with van der Waals surface area (Å²) in [5.74, 6) is -1.01. The molecule has 0 atom stereocenters. The summed E-state index contributed by atoms with van der Waals surface area (Å²) in [6.45, 7) is 3.22. The number of rotatable bonds is 5. The molecule has 0 N–H and O–H groups in total. The number of nitriles is 1. The van der Waals surface area contributed by atoms with Crippen LogP contribution in [0.25, 0.3) is 11.3 Å². The molecule has 8 heteroatoms. The molecule has 1 aromatic heterocycles. The van der Waals surface area contributed by atoms with Crippen LogP contribution in [0, 0.1) is 11.3 Å². The quantitative estimate of drug-likeness (QED) is 0.446. The van der Waals surface area contributed by atoms with Crippen LogP contribution in [-0.4, -0.2) is 16.7 Å². The fourth-order valence-corrected chi connectivity index (χ4v) is 2.75. The topological polar surface area (TPSA) is 63.0 Å². The van der Waals surface area contributed by atoms with E-state index >= 15 is 0 Å². The summed E-state index contributed by atoms with van der Waals surface area (Å²) in [5.41, 5.74) is -1.19. The highest BCUT2D eigenvalue weighted by molar-refractivity contribution is 7.99. The molecule has 0 unspecified atom stereocenters. The van der Waals surface area contributed by atoms with E-state index in [9.17, 15) is 18.0 Å². The number of hydrogen-bond donors (Lipinski definition) is 0. The Balaban J connectivity index is 2.54. The highest BCUT2D eigenvalue weighted by Gasteiger charge is 2.36. The van der Waals surface area contributed by atoms with E-state index in [1.54, 1.807) is 30.3 Å². The standard InChI is InChI=1S/C17H11F3N2O2S/c1-2-24-15(23)10-25-16-12(9-21)13(17(18,19)20)8-14(22-16)11-6-4-3-5-7-11/h2-8H,1,10H2. The Hall–Kier alpha value is -2.79. The molecule has 2 rings (SSSR count). The number of pyridine rings is 1. The number of alkyl halides is 3. The van der Waals surface area contributed by atoms with Gasteiger partial charge in [-0.25, -0.2) is 4.98 Å². The van der Waals surface area contributed by atoms with Gasteiger partial charge in [-0.05, 0) is 6.07 Å². The molecule has 0 aliphatic rings. The number of ether oxygens (including phenoxy) is 1. The zero-order valence-corrected chi connectivity index (χ0v) is 13.5. The van der Waals surface area contributed by atoms with E-state index in [1.165, 1.54) is 6.07 Å². The highest BCUT2D eigenvalue weighted by Crippen LogP contribution is 2.37. The number of esters is 1. The molecule has 0 amide bonds. The third kappa shape index (κ3) is 4.61. The van der Waals surface area contributed by atoms with Crippen molar-refractivity contribution in [3.05, 3.63) is 60.4 Å². The first-order valence-corrected chi connectivity index (χ1v) is 7.86. The molecule has 25 heavy (non-hydrogen) atoms. The summed E-state index contributed by atoms with van der Waals surface area (Å²) >= 11 is 0.703. The van der Waals surface area contributed by atoms with Crippen LogP contribution in [0.4, 0.5) is 13.2 Å². The van der Waals surface area contributed by atoms with Crippen molar-refractivity contribution < 1.29 is 22.7 Å². The van der Waals surface area contributed by atoms with Crippen molar-refractivity contribution in [1.29, 1.82) is 5.26 Å². The van der Waals surface area contributed by atoms with Crippen molar-refractivity contribution in [1.82, 2.24) is 4.98 Å². The van der Waals surface area contributed by atoms with Gasteiger partial charge in [-0.15, -0.1) is 0 Å². The summed E-state index contributed by atoms with van der Waals surface area (Å²) in [6, 6.07) is 10.6. The number of carbonyl (C=O) groups is 1. The van der Waals surface area contributed by atoms with Gasteiger partial charge in [0.1, 0.15) is 11.1 Å². The first-order valence-electron chi connectivity index (χ1n) is 6.87. The van der Waals surface area contributed by atoms with E-state index in [1.807, 2.05) is 0 Å². The molecule has 0 saturated heterocycles. The Morgan fingerprint density at radius 2 is 2.04 bits per heavy atom. The third-order valence-corrected chi connectivity index (χ3v) is 3.96. The number of carbonyl (C=O) groups excluding carboxylic acids is 1. The zero-order chi connectivity index (χ0) is 18.4. The van der Waals surface area contributed by atoms with Gasteiger partial charge in [-0.1, -0.05) is 48.7 Å². The number of benzene rings is 1. The minimum atomic E-state index is -4.73. The molecule has 0 radical (unpaired) electrons. The number of halogens is 3. The van der Waals surface area contributed by atoms with Gasteiger partial charge in [-0.2, -0.15) is 18.4 Å². The first-order chi connectivity index (χ1) is 11.9. The maximum Gasteiger partial charge on any atom is 0.417 e. The van der Waals surface area contributed by atoms with Crippen molar-refractivity contribution >= 4 is 17.7 Å². The predicted octanol–water partition coefficient (Wildman–Crippen LogP) is 4.42. The number of nitrogens with zero attached hydrogens (tertiary/aromatic N) is 2. The van der Waals surface area contributed by atoms with Gasteiger partial charge in [0.05, 0.1) is 28.8 Å². The maximum absolute atomic E-state index is 13.3. The molecule has 0 bridgehead atoms. The summed E-state index contributed by atoms with van der Waals surface area (Å²) in [6.07, 6.45) is -3.81. The highest BCUT2D eigenvalue weighted by atomic mass is 32.2. The molecular weight excluding hydrogens is 353 g/mol. The summed E-state index contributed by atoms with van der Waals surface area (Å²) in [7, 11) is 0. The van der Waals surface area contributed by atoms with Crippen LogP contribution in [0.5, 0.6) is 0 Å². The van der Waals surface area contributed by atoms with Gasteiger partial charge in [0, 0.05) is 5.56 Å². The van der Waals surface area contributed by atoms with Gasteiger partial charge < -0.3 is 4.74 Å². The lowest BCUT2D eigenvalue weighted by Crippen LogP contribution is -2.11. The minimum Gasteiger partial charge on any atom is -0.435 e. The Bertz CT molecular complexity index is 830. The molecule has 1 heterocycles. The average molecular weight is 364 g/mol. The van der Waals surface area contributed by atoms with Gasteiger partial charge >= 0.3 is 12.1 Å². The molecule has 128 valence electrons. The second-order valence-electron chi connectivity index (χ2n) is 4.66. The van der Waals surface area contributed by atoms with Crippen LogP contribution in [0.3, 0.4) is 0 Å². The maximum atomic E-state index is 13.3. The summed E-state index contributed by atoms with van der Waals surface area (Å²) in [4.78, 5) is 15.5. The minimum absolute atomic E-state index is 0.0616. The monoisotopic (exact) mass is 364 g/mol. The lowest BCUT2D eigenvalue weighted by molar-refractivity contribution is -0.138. The normalized spacial score (nSPS) is 10.8. The van der Waals surface area contributed by atoms with E-state index in [2.05, 4.69) is 16.3 Å². The molecule has 0 aliphatic heterocycles. The first kappa shape index (κ1) is 18.5. The van der Waals surface area contributed by atoms with E-state index in [4.69, 9.17) is 5.26 Å². The van der Waals surface area contributed by atoms with E-state index in [-0.39, 0.29) is 16.5 Å². The van der Waals surface area contributed by atoms with Crippen molar-refractivity contribution in [2.45, 2.75) is 11.2 Å². The van der Waals surface area contributed by atoms with Crippen molar-refractivity contribution in [3.63, 3.8) is 0 Å². The molecular formula is C17H11F3N2O2S. The van der Waals surface area contributed by atoms with Crippen LogP contribution in [0.15, 0.2) is 54.3 Å². The Morgan fingerprint density at radius 1 is 1.36 bits per heavy atom. The fourth-order valence-electron chi connectivity index (χ4n) is 1.97. The molecule has 0 aliphatic carbocycles. The molecule has 4 nitrogen and oxygen atoms in total. The predicted molar refractivity (Wildman–Crippen MR) is 86.4 cm³/mol. The SMILES string of the molecule is C=COC(=O)CSc1nc(-c2ccccc2)cc(C(F)(F)F)c1C#N. The molecule has 2 aromatic rings. The van der Waals surface area contributed by atoms with Crippen molar-refractivity contribution in [3.8, 4) is 17.3 Å². The smallest absolute Gasteiger partial charge is 0.417 e. The third-order valence-electron chi connectivity index (χ3n) is 3.01. The molecule has 0 saturated carbocycles. The largest absolute Gasteiger partial charge is 0.435 e. The van der Waals surface area contributed by atoms with E-state index in [0.717, 1.165) is 12.3 Å². The molecule has 0 spiro atoms. The number of hydrogen-bond acceptors (Lipinski definition) is 5. The van der Waals surface area contributed by atoms with Crippen LogP contribution >= 0.6 is 11.8 Å². The van der Waals surface area contributed by atoms with Crippen LogP contribution < -0.4 is 0 Å². The van der Waals surface area contributed by atoms with Crippen LogP contribution in [-0.2, 0) is 15.7 Å². The van der Waals surface area contributed by atoms with Crippen molar-refractivity contribution in [2.75, 3.05) is 5.75 Å². The van der Waals surface area contributed by atoms with Gasteiger partial charge in [-0.3, -0.25) is 4.79 Å². The van der Waals surface area contributed by atoms with E-state index < -0.39 is 23.3 Å². The van der Waals surface area contributed by atoms with Crippen molar-refractivity contribution in [2.24, 2.45) is 0 Å². The second kappa shape index (κ2) is 7.85. The number of thioether (sulfide) groups is 1.